The highest BCUT2D eigenvalue weighted by Crippen LogP contribution is 2.22. The molecular formula is C16H24ClN. The van der Waals surface area contributed by atoms with Crippen LogP contribution in [0.1, 0.15) is 31.2 Å². The van der Waals surface area contributed by atoms with Crippen molar-refractivity contribution in [1.82, 2.24) is 4.90 Å². The summed E-state index contributed by atoms with van der Waals surface area (Å²) in [6.45, 7) is 3.57. The Morgan fingerprint density at radius 1 is 1.11 bits per heavy atom. The van der Waals surface area contributed by atoms with Crippen molar-refractivity contribution < 1.29 is 0 Å². The highest BCUT2D eigenvalue weighted by molar-refractivity contribution is 6.18. The Labute approximate surface area is 116 Å². The van der Waals surface area contributed by atoms with Gasteiger partial charge in [0.05, 0.1) is 0 Å². The average Bonchev–Trinajstić information content (AvgIpc) is 2.42. The molecule has 0 aliphatic carbocycles. The number of likely N-dealkylation sites (tertiary alicyclic amines) is 1. The smallest absolute Gasteiger partial charge is 0.0351 e. The fourth-order valence-electron chi connectivity index (χ4n) is 2.86. The number of aryl methyl sites for hydroxylation is 1. The molecule has 1 aliphatic rings. The minimum Gasteiger partial charge on any atom is -0.302 e. The number of piperidine rings is 1. The van der Waals surface area contributed by atoms with Gasteiger partial charge in [-0.05, 0) is 50.3 Å². The molecule has 0 bridgehead atoms. The Bertz CT molecular complexity index is 317. The van der Waals surface area contributed by atoms with Crippen molar-refractivity contribution in [3.05, 3.63) is 35.9 Å². The third kappa shape index (κ3) is 4.62. The van der Waals surface area contributed by atoms with Crippen molar-refractivity contribution in [3.63, 3.8) is 0 Å². The van der Waals surface area contributed by atoms with Crippen LogP contribution in [0.25, 0.3) is 0 Å². The number of benzene rings is 1. The second-order valence-corrected chi connectivity index (χ2v) is 5.73. The summed E-state index contributed by atoms with van der Waals surface area (Å²) in [6, 6.07) is 10.8. The third-order valence-corrected chi connectivity index (χ3v) is 4.20. The third-order valence-electron chi connectivity index (χ3n) is 4.03. The summed E-state index contributed by atoms with van der Waals surface area (Å²) in [5.41, 5.74) is 1.48. The number of halogens is 1. The molecule has 0 atom stereocenters. The summed E-state index contributed by atoms with van der Waals surface area (Å²) in [6.07, 6.45) is 6.70. The van der Waals surface area contributed by atoms with E-state index in [1.807, 2.05) is 0 Å². The van der Waals surface area contributed by atoms with Gasteiger partial charge in [-0.1, -0.05) is 36.8 Å². The molecule has 0 spiro atoms. The van der Waals surface area contributed by atoms with Crippen molar-refractivity contribution in [2.45, 2.75) is 32.1 Å². The van der Waals surface area contributed by atoms with Crippen LogP contribution in [0.3, 0.4) is 0 Å². The fourth-order valence-corrected chi connectivity index (χ4v) is 3.10. The van der Waals surface area contributed by atoms with Crippen LogP contribution in [0.5, 0.6) is 0 Å². The van der Waals surface area contributed by atoms with Gasteiger partial charge in [-0.3, -0.25) is 0 Å². The van der Waals surface area contributed by atoms with Gasteiger partial charge in [0, 0.05) is 12.4 Å². The first kappa shape index (κ1) is 13.9. The Balaban J connectivity index is 1.61. The molecule has 0 amide bonds. The molecule has 0 N–H and O–H groups in total. The Kier molecular flexibility index (Phi) is 6.02. The largest absolute Gasteiger partial charge is 0.302 e. The molecule has 0 aromatic heterocycles. The van der Waals surface area contributed by atoms with Gasteiger partial charge in [-0.15, -0.1) is 11.6 Å². The summed E-state index contributed by atoms with van der Waals surface area (Å²) in [5, 5.41) is 0. The van der Waals surface area contributed by atoms with E-state index in [1.165, 1.54) is 50.8 Å². The van der Waals surface area contributed by atoms with Crippen LogP contribution in [0.2, 0.25) is 0 Å². The zero-order valence-corrected chi connectivity index (χ0v) is 11.9. The zero-order chi connectivity index (χ0) is 12.6. The quantitative estimate of drug-likeness (QED) is 0.704. The lowest BCUT2D eigenvalue weighted by Crippen LogP contribution is -2.34. The maximum absolute atomic E-state index is 5.78. The van der Waals surface area contributed by atoms with Crippen molar-refractivity contribution in [3.8, 4) is 0 Å². The standard InChI is InChI=1S/C16H24ClN/c17-11-14-18-12-9-16(10-13-18)8-4-7-15-5-2-1-3-6-15/h1-3,5-6,16H,4,7-14H2. The topological polar surface area (TPSA) is 3.24 Å². The van der Waals surface area contributed by atoms with Gasteiger partial charge in [0.1, 0.15) is 0 Å². The number of rotatable bonds is 6. The summed E-state index contributed by atoms with van der Waals surface area (Å²) in [7, 11) is 0. The first-order valence-electron chi connectivity index (χ1n) is 7.20. The molecule has 1 saturated heterocycles. The number of alkyl halides is 1. The lowest BCUT2D eigenvalue weighted by atomic mass is 9.91. The number of hydrogen-bond donors (Lipinski definition) is 0. The highest BCUT2D eigenvalue weighted by Gasteiger charge is 2.17. The Morgan fingerprint density at radius 2 is 1.83 bits per heavy atom. The maximum Gasteiger partial charge on any atom is 0.0351 e. The molecule has 1 heterocycles. The first-order chi connectivity index (χ1) is 8.88. The van der Waals surface area contributed by atoms with E-state index < -0.39 is 0 Å². The van der Waals surface area contributed by atoms with Gasteiger partial charge >= 0.3 is 0 Å². The zero-order valence-electron chi connectivity index (χ0n) is 11.2. The summed E-state index contributed by atoms with van der Waals surface area (Å²) in [5.74, 6) is 1.72. The van der Waals surface area contributed by atoms with Crippen molar-refractivity contribution in [2.24, 2.45) is 5.92 Å². The van der Waals surface area contributed by atoms with Crippen LogP contribution in [-0.2, 0) is 6.42 Å². The molecule has 0 unspecified atom stereocenters. The molecule has 1 aromatic rings. The first-order valence-corrected chi connectivity index (χ1v) is 7.74. The van der Waals surface area contributed by atoms with Gasteiger partial charge in [-0.2, -0.15) is 0 Å². The van der Waals surface area contributed by atoms with E-state index >= 15 is 0 Å². The molecule has 0 radical (unpaired) electrons. The van der Waals surface area contributed by atoms with Gasteiger partial charge in [0.2, 0.25) is 0 Å². The predicted octanol–water partition coefficient (Wildman–Crippen LogP) is 3.96. The minimum absolute atomic E-state index is 0.776. The maximum atomic E-state index is 5.78. The fraction of sp³-hybridized carbons (Fsp3) is 0.625. The van der Waals surface area contributed by atoms with Crippen molar-refractivity contribution in [1.29, 1.82) is 0 Å². The molecular weight excluding hydrogens is 242 g/mol. The van der Waals surface area contributed by atoms with E-state index in [1.54, 1.807) is 0 Å². The summed E-state index contributed by atoms with van der Waals surface area (Å²) < 4.78 is 0. The van der Waals surface area contributed by atoms with E-state index in [-0.39, 0.29) is 0 Å². The van der Waals surface area contributed by atoms with E-state index in [0.29, 0.717) is 0 Å². The van der Waals surface area contributed by atoms with Crippen LogP contribution < -0.4 is 0 Å². The Morgan fingerprint density at radius 3 is 2.50 bits per heavy atom. The van der Waals surface area contributed by atoms with E-state index in [2.05, 4.69) is 35.2 Å². The van der Waals surface area contributed by atoms with Crippen LogP contribution in [0, 0.1) is 5.92 Å². The molecule has 0 saturated carbocycles. The van der Waals surface area contributed by atoms with Crippen LogP contribution in [0.4, 0.5) is 0 Å². The molecule has 1 nitrogen and oxygen atoms in total. The average molecular weight is 266 g/mol. The van der Waals surface area contributed by atoms with Crippen molar-refractivity contribution in [2.75, 3.05) is 25.5 Å². The Hall–Kier alpha value is -0.530. The lowest BCUT2D eigenvalue weighted by Gasteiger charge is -2.31. The van der Waals surface area contributed by atoms with Gasteiger partial charge in [0.15, 0.2) is 0 Å². The second kappa shape index (κ2) is 7.81. The molecule has 100 valence electrons. The number of nitrogens with zero attached hydrogens (tertiary/aromatic N) is 1. The lowest BCUT2D eigenvalue weighted by molar-refractivity contribution is 0.186. The molecule has 1 aromatic carbocycles. The monoisotopic (exact) mass is 265 g/mol. The molecule has 18 heavy (non-hydrogen) atoms. The molecule has 2 rings (SSSR count). The minimum atomic E-state index is 0.776. The van der Waals surface area contributed by atoms with Gasteiger partial charge in [0.25, 0.3) is 0 Å². The second-order valence-electron chi connectivity index (χ2n) is 5.35. The predicted molar refractivity (Wildman–Crippen MR) is 79.3 cm³/mol. The summed E-state index contributed by atoms with van der Waals surface area (Å²) in [4.78, 5) is 2.50. The van der Waals surface area contributed by atoms with E-state index in [4.69, 9.17) is 11.6 Å². The molecule has 1 fully saturated rings. The normalized spacial score (nSPS) is 18.1. The van der Waals surface area contributed by atoms with Crippen LogP contribution >= 0.6 is 11.6 Å². The van der Waals surface area contributed by atoms with E-state index in [0.717, 1.165) is 18.3 Å². The van der Waals surface area contributed by atoms with E-state index in [9.17, 15) is 0 Å². The highest BCUT2D eigenvalue weighted by atomic mass is 35.5. The van der Waals surface area contributed by atoms with Crippen molar-refractivity contribution >= 4 is 11.6 Å². The number of hydrogen-bond acceptors (Lipinski definition) is 1. The van der Waals surface area contributed by atoms with Crippen LogP contribution in [-0.4, -0.2) is 30.4 Å². The SMILES string of the molecule is ClCCN1CCC(CCCc2ccccc2)CC1. The van der Waals surface area contributed by atoms with Gasteiger partial charge < -0.3 is 4.90 Å². The summed E-state index contributed by atoms with van der Waals surface area (Å²) >= 11 is 5.78. The molecule has 1 aliphatic heterocycles. The van der Waals surface area contributed by atoms with Crippen LogP contribution in [0.15, 0.2) is 30.3 Å². The van der Waals surface area contributed by atoms with Gasteiger partial charge in [-0.25, -0.2) is 0 Å². The molecule has 2 heteroatoms.